The lowest BCUT2D eigenvalue weighted by atomic mass is 10.1. The summed E-state index contributed by atoms with van der Waals surface area (Å²) in [5, 5.41) is 11.2. The van der Waals surface area contributed by atoms with Crippen molar-refractivity contribution in [2.45, 2.75) is 33.1 Å². The number of benzene rings is 1. The van der Waals surface area contributed by atoms with Crippen LogP contribution in [0.2, 0.25) is 0 Å². The molecule has 0 bridgehead atoms. The molecule has 0 aliphatic carbocycles. The van der Waals surface area contributed by atoms with Crippen LogP contribution < -0.4 is 10.1 Å². The Labute approximate surface area is 118 Å². The standard InChI is InChI=1S/C15H21NO4/c1-11(2)8-9-20-13-5-3-4-12(10-13)16-14(17)6-7-15(18)19/h3-5,10-11H,6-9H2,1-2H3,(H,16,17)(H,18,19). The first-order chi connectivity index (χ1) is 9.47. The Morgan fingerprint density at radius 3 is 2.70 bits per heavy atom. The molecule has 0 saturated heterocycles. The zero-order valence-electron chi connectivity index (χ0n) is 11.9. The second-order valence-electron chi connectivity index (χ2n) is 5.00. The van der Waals surface area contributed by atoms with Gasteiger partial charge in [0.15, 0.2) is 0 Å². The monoisotopic (exact) mass is 279 g/mol. The zero-order valence-corrected chi connectivity index (χ0v) is 11.9. The van der Waals surface area contributed by atoms with Crippen LogP contribution in [0.4, 0.5) is 5.69 Å². The van der Waals surface area contributed by atoms with E-state index in [-0.39, 0.29) is 18.7 Å². The molecule has 0 spiro atoms. The molecule has 1 aromatic rings. The predicted octanol–water partition coefficient (Wildman–Crippen LogP) is 2.91. The largest absolute Gasteiger partial charge is 0.494 e. The van der Waals surface area contributed by atoms with E-state index >= 15 is 0 Å². The van der Waals surface area contributed by atoms with Gasteiger partial charge in [-0.15, -0.1) is 0 Å². The number of carboxylic acids is 1. The van der Waals surface area contributed by atoms with E-state index in [1.807, 2.05) is 6.07 Å². The molecule has 0 unspecified atom stereocenters. The molecule has 0 aliphatic heterocycles. The van der Waals surface area contributed by atoms with Crippen LogP contribution in [0.3, 0.4) is 0 Å². The van der Waals surface area contributed by atoms with Crippen LogP contribution in [0.15, 0.2) is 24.3 Å². The molecule has 0 radical (unpaired) electrons. The predicted molar refractivity (Wildman–Crippen MR) is 76.9 cm³/mol. The molecule has 2 N–H and O–H groups in total. The van der Waals surface area contributed by atoms with Crippen LogP contribution in [-0.2, 0) is 9.59 Å². The normalized spacial score (nSPS) is 10.3. The van der Waals surface area contributed by atoms with Crippen LogP contribution in [0.5, 0.6) is 5.75 Å². The van der Waals surface area contributed by atoms with Crippen molar-refractivity contribution in [1.29, 1.82) is 0 Å². The molecule has 1 amide bonds. The van der Waals surface area contributed by atoms with Gasteiger partial charge < -0.3 is 15.2 Å². The summed E-state index contributed by atoms with van der Waals surface area (Å²) in [6, 6.07) is 7.09. The average Bonchev–Trinajstić information content (AvgIpc) is 2.36. The second-order valence-corrected chi connectivity index (χ2v) is 5.00. The third kappa shape index (κ3) is 6.78. The van der Waals surface area contributed by atoms with Crippen molar-refractivity contribution in [3.8, 4) is 5.75 Å². The van der Waals surface area contributed by atoms with Crippen molar-refractivity contribution < 1.29 is 19.4 Å². The van der Waals surface area contributed by atoms with E-state index in [4.69, 9.17) is 9.84 Å². The number of rotatable bonds is 8. The molecular formula is C15H21NO4. The van der Waals surface area contributed by atoms with Gasteiger partial charge >= 0.3 is 5.97 Å². The van der Waals surface area contributed by atoms with E-state index in [0.29, 0.717) is 24.0 Å². The second kappa shape index (κ2) is 8.19. The van der Waals surface area contributed by atoms with Crippen molar-refractivity contribution in [3.63, 3.8) is 0 Å². The number of hydrogen-bond acceptors (Lipinski definition) is 3. The molecule has 1 rings (SSSR count). The summed E-state index contributed by atoms with van der Waals surface area (Å²) in [7, 11) is 0. The summed E-state index contributed by atoms with van der Waals surface area (Å²) in [4.78, 5) is 21.9. The fraction of sp³-hybridized carbons (Fsp3) is 0.467. The summed E-state index contributed by atoms with van der Waals surface area (Å²) in [5.41, 5.74) is 0.613. The number of carboxylic acid groups (broad SMARTS) is 1. The number of ether oxygens (including phenoxy) is 1. The Bertz CT molecular complexity index is 457. The van der Waals surface area contributed by atoms with E-state index in [1.165, 1.54) is 0 Å². The van der Waals surface area contributed by atoms with Crippen molar-refractivity contribution in [1.82, 2.24) is 0 Å². The molecule has 0 saturated carbocycles. The van der Waals surface area contributed by atoms with Gasteiger partial charge in [-0.3, -0.25) is 9.59 Å². The van der Waals surface area contributed by atoms with Gasteiger partial charge in [0, 0.05) is 18.2 Å². The summed E-state index contributed by atoms with van der Waals surface area (Å²) in [5.74, 6) is -0.0201. The Kier molecular flexibility index (Phi) is 6.56. The van der Waals surface area contributed by atoms with Gasteiger partial charge in [0.1, 0.15) is 5.75 Å². The first kappa shape index (κ1) is 16.0. The number of anilines is 1. The summed E-state index contributed by atoms with van der Waals surface area (Å²) in [6.07, 6.45) is 0.763. The highest BCUT2D eigenvalue weighted by atomic mass is 16.5. The lowest BCUT2D eigenvalue weighted by molar-refractivity contribution is -0.138. The molecule has 0 aliphatic rings. The first-order valence-corrected chi connectivity index (χ1v) is 6.72. The van der Waals surface area contributed by atoms with Crippen LogP contribution in [0, 0.1) is 5.92 Å². The van der Waals surface area contributed by atoms with Crippen molar-refractivity contribution >= 4 is 17.6 Å². The average molecular weight is 279 g/mol. The maximum absolute atomic E-state index is 11.5. The van der Waals surface area contributed by atoms with Gasteiger partial charge in [0.25, 0.3) is 0 Å². The van der Waals surface area contributed by atoms with Crippen LogP contribution in [0.25, 0.3) is 0 Å². The Balaban J connectivity index is 2.46. The minimum Gasteiger partial charge on any atom is -0.494 e. The molecule has 1 aromatic carbocycles. The number of carbonyl (C=O) groups is 2. The van der Waals surface area contributed by atoms with Gasteiger partial charge in [-0.25, -0.2) is 0 Å². The Hall–Kier alpha value is -2.04. The van der Waals surface area contributed by atoms with Gasteiger partial charge in [0.05, 0.1) is 13.0 Å². The van der Waals surface area contributed by atoms with Crippen molar-refractivity contribution in [2.24, 2.45) is 5.92 Å². The fourth-order valence-electron chi connectivity index (χ4n) is 1.52. The first-order valence-electron chi connectivity index (χ1n) is 6.72. The fourth-order valence-corrected chi connectivity index (χ4v) is 1.52. The van der Waals surface area contributed by atoms with E-state index in [0.717, 1.165) is 6.42 Å². The lowest BCUT2D eigenvalue weighted by Gasteiger charge is -2.10. The smallest absolute Gasteiger partial charge is 0.303 e. The number of hydrogen-bond donors (Lipinski definition) is 2. The molecular weight excluding hydrogens is 258 g/mol. The highest BCUT2D eigenvalue weighted by Crippen LogP contribution is 2.18. The van der Waals surface area contributed by atoms with Gasteiger partial charge in [-0.1, -0.05) is 19.9 Å². The molecule has 0 aromatic heterocycles. The third-order valence-corrected chi connectivity index (χ3v) is 2.65. The number of aliphatic carboxylic acids is 1. The Morgan fingerprint density at radius 1 is 1.30 bits per heavy atom. The highest BCUT2D eigenvalue weighted by Gasteiger charge is 2.06. The van der Waals surface area contributed by atoms with Gasteiger partial charge in [-0.2, -0.15) is 0 Å². The zero-order chi connectivity index (χ0) is 15.0. The number of amides is 1. The van der Waals surface area contributed by atoms with E-state index in [2.05, 4.69) is 19.2 Å². The molecule has 110 valence electrons. The van der Waals surface area contributed by atoms with Crippen LogP contribution >= 0.6 is 0 Å². The summed E-state index contributed by atoms with van der Waals surface area (Å²) < 4.78 is 5.59. The summed E-state index contributed by atoms with van der Waals surface area (Å²) in [6.45, 7) is 4.89. The SMILES string of the molecule is CC(C)CCOc1cccc(NC(=O)CCC(=O)O)c1. The summed E-state index contributed by atoms with van der Waals surface area (Å²) >= 11 is 0. The van der Waals surface area contributed by atoms with Crippen LogP contribution in [-0.4, -0.2) is 23.6 Å². The molecule has 5 nitrogen and oxygen atoms in total. The van der Waals surface area contributed by atoms with Gasteiger partial charge in [0.2, 0.25) is 5.91 Å². The molecule has 5 heteroatoms. The van der Waals surface area contributed by atoms with E-state index < -0.39 is 5.97 Å². The molecule has 0 heterocycles. The van der Waals surface area contributed by atoms with Crippen molar-refractivity contribution in [3.05, 3.63) is 24.3 Å². The molecule has 0 atom stereocenters. The maximum Gasteiger partial charge on any atom is 0.303 e. The highest BCUT2D eigenvalue weighted by molar-refractivity contribution is 5.92. The third-order valence-electron chi connectivity index (χ3n) is 2.65. The number of nitrogens with one attached hydrogen (secondary N) is 1. The minimum absolute atomic E-state index is 0.0340. The van der Waals surface area contributed by atoms with E-state index in [1.54, 1.807) is 18.2 Å². The van der Waals surface area contributed by atoms with Gasteiger partial charge in [-0.05, 0) is 24.5 Å². The van der Waals surface area contributed by atoms with E-state index in [9.17, 15) is 9.59 Å². The molecule has 0 fully saturated rings. The quantitative estimate of drug-likeness (QED) is 0.767. The topological polar surface area (TPSA) is 75.6 Å². The minimum atomic E-state index is -0.981. The lowest BCUT2D eigenvalue weighted by Crippen LogP contribution is -2.13. The maximum atomic E-state index is 11.5. The number of carbonyl (C=O) groups excluding carboxylic acids is 1. The van der Waals surface area contributed by atoms with Crippen molar-refractivity contribution in [2.75, 3.05) is 11.9 Å². The molecule has 20 heavy (non-hydrogen) atoms. The Morgan fingerprint density at radius 2 is 2.05 bits per heavy atom. The van der Waals surface area contributed by atoms with Crippen LogP contribution in [0.1, 0.15) is 33.1 Å².